The maximum Gasteiger partial charge on any atom is 0.241 e. The Hall–Kier alpha value is -2.05. The summed E-state index contributed by atoms with van der Waals surface area (Å²) in [7, 11) is -1.97. The molecule has 23 heavy (non-hydrogen) atoms. The lowest BCUT2D eigenvalue weighted by atomic mass is 10.0. The molecule has 6 heteroatoms. The van der Waals surface area contributed by atoms with E-state index in [0.29, 0.717) is 17.9 Å². The van der Waals surface area contributed by atoms with Gasteiger partial charge in [-0.05, 0) is 48.7 Å². The molecule has 1 unspecified atom stereocenters. The van der Waals surface area contributed by atoms with E-state index in [2.05, 4.69) is 4.72 Å². The third-order valence-electron chi connectivity index (χ3n) is 3.88. The Labute approximate surface area is 136 Å². The zero-order valence-electron chi connectivity index (χ0n) is 13.1. The molecule has 1 atom stereocenters. The van der Waals surface area contributed by atoms with Crippen molar-refractivity contribution in [3.8, 4) is 11.5 Å². The molecule has 1 N–H and O–H groups in total. The molecule has 1 aliphatic rings. The fraction of sp³-hybridized carbons (Fsp3) is 0.294. The van der Waals surface area contributed by atoms with E-state index in [9.17, 15) is 8.42 Å². The molecule has 0 spiro atoms. The van der Waals surface area contributed by atoms with Crippen molar-refractivity contribution in [1.82, 2.24) is 4.72 Å². The summed E-state index contributed by atoms with van der Waals surface area (Å²) in [5, 5.41) is 0. The Kier molecular flexibility index (Phi) is 4.28. The lowest BCUT2D eigenvalue weighted by molar-refractivity contribution is 0.253. The molecule has 2 aromatic rings. The van der Waals surface area contributed by atoms with Crippen LogP contribution in [0.4, 0.5) is 0 Å². The quantitative estimate of drug-likeness (QED) is 0.932. The van der Waals surface area contributed by atoms with Crippen LogP contribution in [0.5, 0.6) is 11.5 Å². The van der Waals surface area contributed by atoms with Crippen molar-refractivity contribution in [2.24, 2.45) is 0 Å². The molecule has 0 saturated carbocycles. The lowest BCUT2D eigenvalue weighted by Gasteiger charge is -2.26. The highest BCUT2D eigenvalue weighted by Crippen LogP contribution is 2.29. The molecule has 122 valence electrons. The standard InChI is InChI=1S/C17H19NO4S/c1-12-5-3-4-6-17(12)23(19,20)18-14-9-13-10-15(21-2)7-8-16(13)22-11-14/h3-8,10,14,18H,9,11H2,1-2H3. The van der Waals surface area contributed by atoms with E-state index < -0.39 is 10.0 Å². The van der Waals surface area contributed by atoms with Gasteiger partial charge in [0.15, 0.2) is 0 Å². The monoisotopic (exact) mass is 333 g/mol. The molecule has 0 amide bonds. The molecule has 1 heterocycles. The first-order valence-corrected chi connectivity index (χ1v) is 8.85. The summed E-state index contributed by atoms with van der Waals surface area (Å²) in [6, 6.07) is 12.2. The van der Waals surface area contributed by atoms with E-state index >= 15 is 0 Å². The Morgan fingerprint density at radius 1 is 1.22 bits per heavy atom. The van der Waals surface area contributed by atoms with Gasteiger partial charge in [0.25, 0.3) is 0 Å². The van der Waals surface area contributed by atoms with Crippen LogP contribution in [-0.4, -0.2) is 28.2 Å². The van der Waals surface area contributed by atoms with Gasteiger partial charge < -0.3 is 9.47 Å². The second kappa shape index (κ2) is 6.22. The largest absolute Gasteiger partial charge is 0.497 e. The van der Waals surface area contributed by atoms with E-state index in [1.54, 1.807) is 32.2 Å². The van der Waals surface area contributed by atoms with Gasteiger partial charge >= 0.3 is 0 Å². The number of hydrogen-bond acceptors (Lipinski definition) is 4. The SMILES string of the molecule is COc1ccc2c(c1)CC(NS(=O)(=O)c1ccccc1C)CO2. The molecule has 0 bridgehead atoms. The van der Waals surface area contributed by atoms with Gasteiger partial charge in [-0.3, -0.25) is 0 Å². The number of methoxy groups -OCH3 is 1. The minimum Gasteiger partial charge on any atom is -0.497 e. The number of sulfonamides is 1. The Morgan fingerprint density at radius 3 is 2.74 bits per heavy atom. The first-order valence-electron chi connectivity index (χ1n) is 7.37. The fourth-order valence-corrected chi connectivity index (χ4v) is 4.18. The van der Waals surface area contributed by atoms with Crippen molar-refractivity contribution in [3.05, 3.63) is 53.6 Å². The number of ether oxygens (including phenoxy) is 2. The topological polar surface area (TPSA) is 64.6 Å². The van der Waals surface area contributed by atoms with Crippen LogP contribution in [0.15, 0.2) is 47.4 Å². The molecule has 5 nitrogen and oxygen atoms in total. The highest BCUT2D eigenvalue weighted by atomic mass is 32.2. The van der Waals surface area contributed by atoms with E-state index in [-0.39, 0.29) is 6.04 Å². The maximum absolute atomic E-state index is 12.6. The predicted molar refractivity (Wildman–Crippen MR) is 87.5 cm³/mol. The summed E-state index contributed by atoms with van der Waals surface area (Å²) in [5.41, 5.74) is 1.66. The van der Waals surface area contributed by atoms with Gasteiger partial charge in [0, 0.05) is 0 Å². The molecule has 2 aromatic carbocycles. The number of benzene rings is 2. The third kappa shape index (κ3) is 3.33. The summed E-state index contributed by atoms with van der Waals surface area (Å²) in [5.74, 6) is 1.51. The Morgan fingerprint density at radius 2 is 2.00 bits per heavy atom. The Bertz CT molecular complexity index is 817. The zero-order chi connectivity index (χ0) is 16.4. The van der Waals surface area contributed by atoms with Crippen molar-refractivity contribution in [2.45, 2.75) is 24.3 Å². The van der Waals surface area contributed by atoms with Crippen LogP contribution in [0, 0.1) is 6.92 Å². The van der Waals surface area contributed by atoms with Gasteiger partial charge in [0.2, 0.25) is 10.0 Å². The van der Waals surface area contributed by atoms with Crippen LogP contribution in [0.2, 0.25) is 0 Å². The minimum absolute atomic E-state index is 0.302. The van der Waals surface area contributed by atoms with Gasteiger partial charge in [-0.25, -0.2) is 13.1 Å². The Balaban J connectivity index is 1.80. The molecular formula is C17H19NO4S. The highest BCUT2D eigenvalue weighted by molar-refractivity contribution is 7.89. The first-order chi connectivity index (χ1) is 11.0. The smallest absolute Gasteiger partial charge is 0.241 e. The average molecular weight is 333 g/mol. The van der Waals surface area contributed by atoms with Crippen LogP contribution >= 0.6 is 0 Å². The van der Waals surface area contributed by atoms with Crippen LogP contribution in [0.1, 0.15) is 11.1 Å². The molecular weight excluding hydrogens is 314 g/mol. The van der Waals surface area contributed by atoms with Gasteiger partial charge in [-0.15, -0.1) is 0 Å². The van der Waals surface area contributed by atoms with E-state index in [1.807, 2.05) is 24.3 Å². The van der Waals surface area contributed by atoms with Crippen LogP contribution in [-0.2, 0) is 16.4 Å². The molecule has 0 aliphatic carbocycles. The second-order valence-corrected chi connectivity index (χ2v) is 7.25. The molecule has 0 radical (unpaired) electrons. The van der Waals surface area contributed by atoms with Crippen LogP contribution in [0.25, 0.3) is 0 Å². The summed E-state index contributed by atoms with van der Waals surface area (Å²) in [4.78, 5) is 0.302. The van der Waals surface area contributed by atoms with Crippen molar-refractivity contribution >= 4 is 10.0 Å². The van der Waals surface area contributed by atoms with E-state index in [0.717, 1.165) is 22.6 Å². The number of fused-ring (bicyclic) bond motifs is 1. The number of nitrogens with one attached hydrogen (secondary N) is 1. The summed E-state index contributed by atoms with van der Waals surface area (Å²) in [6.45, 7) is 2.09. The maximum atomic E-state index is 12.6. The van der Waals surface area contributed by atoms with Gasteiger partial charge in [0.1, 0.15) is 18.1 Å². The van der Waals surface area contributed by atoms with Crippen molar-refractivity contribution in [3.63, 3.8) is 0 Å². The van der Waals surface area contributed by atoms with Crippen molar-refractivity contribution in [2.75, 3.05) is 13.7 Å². The van der Waals surface area contributed by atoms with E-state index in [1.165, 1.54) is 0 Å². The fourth-order valence-electron chi connectivity index (χ4n) is 2.71. The predicted octanol–water partition coefficient (Wildman–Crippen LogP) is 2.29. The summed E-state index contributed by atoms with van der Waals surface area (Å²) >= 11 is 0. The zero-order valence-corrected chi connectivity index (χ0v) is 13.9. The third-order valence-corrected chi connectivity index (χ3v) is 5.56. The number of aryl methyl sites for hydroxylation is 1. The molecule has 0 fully saturated rings. The summed E-state index contributed by atoms with van der Waals surface area (Å²) in [6.07, 6.45) is 0.567. The normalized spacial score (nSPS) is 17.2. The van der Waals surface area contributed by atoms with Crippen LogP contribution in [0.3, 0.4) is 0 Å². The van der Waals surface area contributed by atoms with E-state index in [4.69, 9.17) is 9.47 Å². The first kappa shape index (κ1) is 15.8. The van der Waals surface area contributed by atoms with Gasteiger partial charge in [-0.1, -0.05) is 18.2 Å². The van der Waals surface area contributed by atoms with Crippen LogP contribution < -0.4 is 14.2 Å². The number of hydrogen-bond donors (Lipinski definition) is 1. The second-order valence-electron chi connectivity index (χ2n) is 5.57. The average Bonchev–Trinajstić information content (AvgIpc) is 2.54. The number of rotatable bonds is 4. The van der Waals surface area contributed by atoms with Crippen molar-refractivity contribution < 1.29 is 17.9 Å². The molecule has 1 aliphatic heterocycles. The van der Waals surface area contributed by atoms with Gasteiger partial charge in [-0.2, -0.15) is 0 Å². The lowest BCUT2D eigenvalue weighted by Crippen LogP contribution is -2.42. The van der Waals surface area contributed by atoms with Crippen molar-refractivity contribution in [1.29, 1.82) is 0 Å². The molecule has 0 saturated heterocycles. The molecule has 0 aromatic heterocycles. The summed E-state index contributed by atoms with van der Waals surface area (Å²) < 4.78 is 38.7. The minimum atomic E-state index is -3.57. The highest BCUT2D eigenvalue weighted by Gasteiger charge is 2.26. The van der Waals surface area contributed by atoms with Gasteiger partial charge in [0.05, 0.1) is 18.0 Å². The molecule has 3 rings (SSSR count).